The second-order valence-electron chi connectivity index (χ2n) is 8.24. The molecule has 0 saturated carbocycles. The number of hydrogen-bond donors (Lipinski definition) is 1. The lowest BCUT2D eigenvalue weighted by atomic mass is 9.95. The smallest absolute Gasteiger partial charge is 0.341 e. The van der Waals surface area contributed by atoms with Gasteiger partial charge in [-0.25, -0.2) is 4.79 Å². The second kappa shape index (κ2) is 10.6. The van der Waals surface area contributed by atoms with E-state index in [0.29, 0.717) is 10.6 Å². The first-order valence-electron chi connectivity index (χ1n) is 11.4. The molecule has 0 fully saturated rings. The molecule has 0 bridgehead atoms. The summed E-state index contributed by atoms with van der Waals surface area (Å²) in [5.41, 5.74) is 1.93. The summed E-state index contributed by atoms with van der Waals surface area (Å²) in [5, 5.41) is 24.2. The van der Waals surface area contributed by atoms with Crippen LogP contribution in [0.1, 0.15) is 51.9 Å². The lowest BCUT2D eigenvalue weighted by molar-refractivity contribution is -0.384. The lowest BCUT2D eigenvalue weighted by Gasteiger charge is -2.12. The van der Waals surface area contributed by atoms with Gasteiger partial charge in [-0.3, -0.25) is 14.9 Å². The van der Waals surface area contributed by atoms with E-state index in [1.165, 1.54) is 29.5 Å². The molecule has 36 heavy (non-hydrogen) atoms. The number of ether oxygens (including phenoxy) is 1. The Balaban J connectivity index is 1.62. The van der Waals surface area contributed by atoms with Gasteiger partial charge in [-0.15, -0.1) is 11.3 Å². The molecule has 9 nitrogen and oxygen atoms in total. The van der Waals surface area contributed by atoms with E-state index in [2.05, 4.69) is 5.32 Å². The number of nitriles is 1. The summed E-state index contributed by atoms with van der Waals surface area (Å²) in [6.45, 7) is 3.68. The van der Waals surface area contributed by atoms with Crippen molar-refractivity contribution in [3.05, 3.63) is 73.3 Å². The van der Waals surface area contributed by atoms with E-state index in [9.17, 15) is 25.0 Å². The van der Waals surface area contributed by atoms with Crippen LogP contribution in [0.5, 0.6) is 0 Å². The van der Waals surface area contributed by atoms with Crippen LogP contribution in [-0.4, -0.2) is 23.4 Å². The summed E-state index contributed by atoms with van der Waals surface area (Å²) in [6, 6.07) is 9.70. The van der Waals surface area contributed by atoms with Crippen molar-refractivity contribution in [1.82, 2.24) is 0 Å². The Morgan fingerprint density at radius 3 is 2.78 bits per heavy atom. The number of fused-ring (bicyclic) bond motifs is 1. The molecule has 0 atom stereocenters. The Bertz CT molecular complexity index is 1430. The first-order valence-corrected chi connectivity index (χ1v) is 12.2. The Labute approximate surface area is 211 Å². The minimum absolute atomic E-state index is 0.105. The molecular formula is C26H23N3O6S. The van der Waals surface area contributed by atoms with Gasteiger partial charge in [0.15, 0.2) is 0 Å². The van der Waals surface area contributed by atoms with Crippen molar-refractivity contribution < 1.29 is 23.7 Å². The standard InChI is InChI=1S/C26H23N3O6S/c1-3-34-26(31)23-19-6-4-5-7-22(19)36-25(23)28-24(30)16(14-27)13-17-9-11-21(35-17)18-10-8-15(2)12-20(18)29(32)33/h8-13H,3-7H2,1-2H3,(H,28,30)/b16-13+. The number of rotatable bonds is 7. The van der Waals surface area contributed by atoms with E-state index >= 15 is 0 Å². The third kappa shape index (κ3) is 5.06. The number of carbonyl (C=O) groups excluding carboxylic acids is 2. The normalized spacial score (nSPS) is 13.0. The Hall–Kier alpha value is -4.23. The number of amides is 1. The number of nitro groups is 1. The molecule has 2 aromatic heterocycles. The van der Waals surface area contributed by atoms with E-state index in [-0.39, 0.29) is 35.0 Å². The molecule has 1 aliphatic carbocycles. The van der Waals surface area contributed by atoms with E-state index in [1.54, 1.807) is 32.0 Å². The minimum Gasteiger partial charge on any atom is -0.462 e. The zero-order valence-corrected chi connectivity index (χ0v) is 20.6. The lowest BCUT2D eigenvalue weighted by Crippen LogP contribution is -2.16. The molecular weight excluding hydrogens is 482 g/mol. The summed E-state index contributed by atoms with van der Waals surface area (Å²) in [6.07, 6.45) is 4.77. The molecule has 184 valence electrons. The molecule has 1 aromatic carbocycles. The monoisotopic (exact) mass is 505 g/mol. The highest BCUT2D eigenvalue weighted by atomic mass is 32.1. The van der Waals surface area contributed by atoms with Crippen LogP contribution in [0.25, 0.3) is 17.4 Å². The maximum atomic E-state index is 13.0. The SMILES string of the molecule is CCOC(=O)c1c(NC(=O)/C(C#N)=C/c2ccc(-c3ccc(C)cc3[N+](=O)[O-])o2)sc2c1CCCC2. The fraction of sp³-hybridized carbons (Fsp3) is 0.269. The van der Waals surface area contributed by atoms with Gasteiger partial charge in [0.05, 0.1) is 22.7 Å². The molecule has 0 saturated heterocycles. The van der Waals surface area contributed by atoms with Crippen molar-refractivity contribution in [1.29, 1.82) is 5.26 Å². The average Bonchev–Trinajstić information content (AvgIpc) is 3.46. The molecule has 3 aromatic rings. The molecule has 4 rings (SSSR count). The highest BCUT2D eigenvalue weighted by Gasteiger charge is 2.28. The number of nitro benzene ring substituents is 1. The van der Waals surface area contributed by atoms with Crippen molar-refractivity contribution in [3.8, 4) is 17.4 Å². The third-order valence-electron chi connectivity index (χ3n) is 5.77. The van der Waals surface area contributed by atoms with E-state index < -0.39 is 16.8 Å². The molecule has 0 unspecified atom stereocenters. The van der Waals surface area contributed by atoms with Crippen LogP contribution in [0.15, 0.2) is 40.3 Å². The van der Waals surface area contributed by atoms with E-state index in [1.807, 2.05) is 6.07 Å². The molecule has 0 radical (unpaired) electrons. The Morgan fingerprint density at radius 1 is 1.28 bits per heavy atom. The number of nitrogens with one attached hydrogen (secondary N) is 1. The molecule has 0 spiro atoms. The number of nitrogens with zero attached hydrogens (tertiary/aromatic N) is 2. The van der Waals surface area contributed by atoms with Crippen molar-refractivity contribution in [3.63, 3.8) is 0 Å². The van der Waals surface area contributed by atoms with Crippen LogP contribution in [0, 0.1) is 28.4 Å². The number of aryl methyl sites for hydroxylation is 2. The fourth-order valence-electron chi connectivity index (χ4n) is 4.11. The molecule has 2 heterocycles. The number of hydrogen-bond acceptors (Lipinski definition) is 8. The highest BCUT2D eigenvalue weighted by molar-refractivity contribution is 7.17. The van der Waals surface area contributed by atoms with Gasteiger partial charge >= 0.3 is 5.97 Å². The maximum Gasteiger partial charge on any atom is 0.341 e. The number of thiophene rings is 1. The fourth-order valence-corrected chi connectivity index (χ4v) is 5.38. The summed E-state index contributed by atoms with van der Waals surface area (Å²) in [4.78, 5) is 37.6. The van der Waals surface area contributed by atoms with Crippen molar-refractivity contribution in [2.45, 2.75) is 39.5 Å². The van der Waals surface area contributed by atoms with Gasteiger partial charge in [0.1, 0.15) is 28.2 Å². The third-order valence-corrected chi connectivity index (χ3v) is 6.98. The van der Waals surface area contributed by atoms with Crippen LogP contribution in [-0.2, 0) is 22.4 Å². The first kappa shape index (κ1) is 24.9. The molecule has 1 aliphatic rings. The van der Waals surface area contributed by atoms with E-state index in [4.69, 9.17) is 9.15 Å². The average molecular weight is 506 g/mol. The van der Waals surface area contributed by atoms with Crippen molar-refractivity contribution >= 4 is 40.0 Å². The van der Waals surface area contributed by atoms with Gasteiger partial charge in [-0.05, 0) is 68.9 Å². The second-order valence-corrected chi connectivity index (χ2v) is 9.34. The number of esters is 1. The highest BCUT2D eigenvalue weighted by Crippen LogP contribution is 2.39. The Kier molecular flexibility index (Phi) is 7.31. The quantitative estimate of drug-likeness (QED) is 0.140. The largest absolute Gasteiger partial charge is 0.462 e. The minimum atomic E-state index is -0.694. The van der Waals surface area contributed by atoms with Gasteiger partial charge < -0.3 is 14.5 Å². The maximum absolute atomic E-state index is 13.0. The van der Waals surface area contributed by atoms with Gasteiger partial charge in [0.25, 0.3) is 11.6 Å². The molecule has 1 N–H and O–H groups in total. The Morgan fingerprint density at radius 2 is 2.06 bits per heavy atom. The number of benzene rings is 1. The number of carbonyl (C=O) groups is 2. The van der Waals surface area contributed by atoms with Crippen LogP contribution in [0.3, 0.4) is 0 Å². The number of furan rings is 1. The molecule has 1 amide bonds. The van der Waals surface area contributed by atoms with E-state index in [0.717, 1.165) is 41.7 Å². The van der Waals surface area contributed by atoms with Crippen LogP contribution >= 0.6 is 11.3 Å². The predicted octanol–water partition coefficient (Wildman–Crippen LogP) is 5.83. The van der Waals surface area contributed by atoms with Crippen molar-refractivity contribution in [2.24, 2.45) is 0 Å². The topological polar surface area (TPSA) is 135 Å². The number of anilines is 1. The zero-order valence-electron chi connectivity index (χ0n) is 19.8. The summed E-state index contributed by atoms with van der Waals surface area (Å²) < 4.78 is 10.9. The van der Waals surface area contributed by atoms with Gasteiger partial charge in [-0.2, -0.15) is 5.26 Å². The predicted molar refractivity (Wildman–Crippen MR) is 135 cm³/mol. The summed E-state index contributed by atoms with van der Waals surface area (Å²) in [7, 11) is 0. The first-order chi connectivity index (χ1) is 17.3. The summed E-state index contributed by atoms with van der Waals surface area (Å²) >= 11 is 1.33. The van der Waals surface area contributed by atoms with Crippen LogP contribution < -0.4 is 5.32 Å². The molecule has 0 aliphatic heterocycles. The van der Waals surface area contributed by atoms with Gasteiger partial charge in [0.2, 0.25) is 0 Å². The van der Waals surface area contributed by atoms with Crippen molar-refractivity contribution in [2.75, 3.05) is 11.9 Å². The van der Waals surface area contributed by atoms with Crippen LogP contribution in [0.4, 0.5) is 10.7 Å². The van der Waals surface area contributed by atoms with Crippen LogP contribution in [0.2, 0.25) is 0 Å². The summed E-state index contributed by atoms with van der Waals surface area (Å²) in [5.74, 6) is -0.769. The zero-order chi connectivity index (χ0) is 25.8. The molecule has 10 heteroatoms. The van der Waals surface area contributed by atoms with Gasteiger partial charge in [-0.1, -0.05) is 6.07 Å². The van der Waals surface area contributed by atoms with Gasteiger partial charge in [0, 0.05) is 17.0 Å².